The van der Waals surface area contributed by atoms with Crippen LogP contribution in [0.5, 0.6) is 0 Å². The lowest BCUT2D eigenvalue weighted by Crippen LogP contribution is -2.42. The highest BCUT2D eigenvalue weighted by Crippen LogP contribution is 2.23. The molecule has 1 N–H and O–H groups in total. The number of nitrogens with zero attached hydrogens (tertiary/aromatic N) is 3. The van der Waals surface area contributed by atoms with Crippen molar-refractivity contribution in [3.63, 3.8) is 0 Å². The SMILES string of the molecule is CNc1cc(C(=O)N2CCO[C@@H](c3ccc(Cc4ccccc4F)cn3)C2)ccn1. The van der Waals surface area contributed by atoms with Crippen LogP contribution in [0.2, 0.25) is 0 Å². The Morgan fingerprint density at radius 2 is 2.10 bits per heavy atom. The molecule has 1 atom stereocenters. The summed E-state index contributed by atoms with van der Waals surface area (Å²) >= 11 is 0. The zero-order chi connectivity index (χ0) is 20.9. The van der Waals surface area contributed by atoms with Crippen LogP contribution in [-0.4, -0.2) is 47.5 Å². The number of ether oxygens (including phenoxy) is 1. The number of aromatic nitrogens is 2. The number of morpholine rings is 1. The van der Waals surface area contributed by atoms with Gasteiger partial charge in [-0.1, -0.05) is 24.3 Å². The van der Waals surface area contributed by atoms with Crippen molar-refractivity contribution in [1.82, 2.24) is 14.9 Å². The fraction of sp³-hybridized carbons (Fsp3) is 0.261. The number of benzene rings is 1. The summed E-state index contributed by atoms with van der Waals surface area (Å²) in [6.45, 7) is 1.40. The molecule has 0 bridgehead atoms. The van der Waals surface area contributed by atoms with Crippen molar-refractivity contribution in [2.24, 2.45) is 0 Å². The molecule has 0 saturated carbocycles. The summed E-state index contributed by atoms with van der Waals surface area (Å²) in [4.78, 5) is 23.3. The van der Waals surface area contributed by atoms with Crippen LogP contribution in [0.3, 0.4) is 0 Å². The van der Waals surface area contributed by atoms with Gasteiger partial charge < -0.3 is 15.0 Å². The molecule has 0 spiro atoms. The number of pyridine rings is 2. The standard InChI is InChI=1S/C23H23FN4O2/c1-25-22-13-18(8-9-26-22)23(29)28-10-11-30-21(15-28)20-7-6-16(14-27-20)12-17-4-2-3-5-19(17)24/h2-9,13-14,21H,10-12,15H2,1H3,(H,25,26)/t21-/m1/s1. The summed E-state index contributed by atoms with van der Waals surface area (Å²) in [7, 11) is 1.77. The van der Waals surface area contributed by atoms with Gasteiger partial charge in [0, 0.05) is 38.0 Å². The maximum Gasteiger partial charge on any atom is 0.254 e. The number of hydrogen-bond donors (Lipinski definition) is 1. The van der Waals surface area contributed by atoms with Crippen molar-refractivity contribution < 1.29 is 13.9 Å². The predicted octanol–water partition coefficient (Wildman–Crippen LogP) is 3.46. The van der Waals surface area contributed by atoms with Crippen molar-refractivity contribution in [2.75, 3.05) is 32.1 Å². The van der Waals surface area contributed by atoms with Crippen LogP contribution in [0.1, 0.15) is 33.3 Å². The number of halogens is 1. The first-order valence-electron chi connectivity index (χ1n) is 9.87. The molecule has 2 aromatic heterocycles. The number of rotatable bonds is 5. The normalized spacial score (nSPS) is 16.3. The Hall–Kier alpha value is -3.32. The monoisotopic (exact) mass is 406 g/mol. The fourth-order valence-corrected chi connectivity index (χ4v) is 3.49. The second-order valence-corrected chi connectivity index (χ2v) is 7.15. The van der Waals surface area contributed by atoms with Crippen LogP contribution in [-0.2, 0) is 11.2 Å². The number of carbonyl (C=O) groups excluding carboxylic acids is 1. The average molecular weight is 406 g/mol. The third kappa shape index (κ3) is 4.46. The number of nitrogens with one attached hydrogen (secondary N) is 1. The van der Waals surface area contributed by atoms with Crippen molar-refractivity contribution in [3.8, 4) is 0 Å². The lowest BCUT2D eigenvalue weighted by atomic mass is 10.0. The van der Waals surface area contributed by atoms with Gasteiger partial charge in [0.15, 0.2) is 0 Å². The number of anilines is 1. The molecule has 7 heteroatoms. The summed E-state index contributed by atoms with van der Waals surface area (Å²) in [6, 6.07) is 14.0. The summed E-state index contributed by atoms with van der Waals surface area (Å²) in [5.74, 6) is 0.375. The van der Waals surface area contributed by atoms with Gasteiger partial charge in [-0.05, 0) is 35.4 Å². The molecule has 30 heavy (non-hydrogen) atoms. The lowest BCUT2D eigenvalue weighted by molar-refractivity contribution is -0.0247. The van der Waals surface area contributed by atoms with Crippen LogP contribution < -0.4 is 5.32 Å². The first kappa shape index (κ1) is 20.0. The Bertz CT molecular complexity index is 1030. The maximum atomic E-state index is 13.9. The summed E-state index contributed by atoms with van der Waals surface area (Å²) in [5, 5.41) is 2.95. The van der Waals surface area contributed by atoms with Gasteiger partial charge in [0.2, 0.25) is 0 Å². The van der Waals surface area contributed by atoms with E-state index in [9.17, 15) is 9.18 Å². The molecule has 1 saturated heterocycles. The van der Waals surface area contributed by atoms with Gasteiger partial charge in [0.25, 0.3) is 5.91 Å². The van der Waals surface area contributed by atoms with E-state index >= 15 is 0 Å². The quantitative estimate of drug-likeness (QED) is 0.703. The van der Waals surface area contributed by atoms with Crippen molar-refractivity contribution in [3.05, 3.63) is 89.1 Å². The van der Waals surface area contributed by atoms with E-state index in [0.717, 1.165) is 11.3 Å². The van der Waals surface area contributed by atoms with E-state index in [1.165, 1.54) is 6.07 Å². The van der Waals surface area contributed by atoms with Crippen molar-refractivity contribution in [2.45, 2.75) is 12.5 Å². The molecule has 3 aromatic rings. The minimum atomic E-state index is -0.296. The minimum Gasteiger partial charge on any atom is -0.373 e. The van der Waals surface area contributed by atoms with Crippen LogP contribution in [0, 0.1) is 5.82 Å². The van der Waals surface area contributed by atoms with E-state index in [2.05, 4.69) is 15.3 Å². The molecule has 1 fully saturated rings. The van der Waals surface area contributed by atoms with Gasteiger partial charge in [-0.25, -0.2) is 9.37 Å². The number of carbonyl (C=O) groups is 1. The molecular weight excluding hydrogens is 383 g/mol. The molecule has 4 rings (SSSR count). The Morgan fingerprint density at radius 1 is 1.23 bits per heavy atom. The maximum absolute atomic E-state index is 13.9. The van der Waals surface area contributed by atoms with Crippen molar-refractivity contribution in [1.29, 1.82) is 0 Å². The summed E-state index contributed by atoms with van der Waals surface area (Å²) in [5.41, 5.74) is 2.90. The zero-order valence-electron chi connectivity index (χ0n) is 16.7. The van der Waals surface area contributed by atoms with Gasteiger partial charge in [-0.2, -0.15) is 0 Å². The summed E-state index contributed by atoms with van der Waals surface area (Å²) in [6.07, 6.45) is 3.54. The topological polar surface area (TPSA) is 67.4 Å². The first-order chi connectivity index (χ1) is 14.6. The third-order valence-corrected chi connectivity index (χ3v) is 5.15. The Labute approximate surface area is 174 Å². The Morgan fingerprint density at radius 3 is 2.87 bits per heavy atom. The van der Waals surface area contributed by atoms with Gasteiger partial charge in [-0.15, -0.1) is 0 Å². The van der Waals surface area contributed by atoms with E-state index in [-0.39, 0.29) is 17.8 Å². The highest BCUT2D eigenvalue weighted by molar-refractivity contribution is 5.94. The van der Waals surface area contributed by atoms with Gasteiger partial charge in [0.1, 0.15) is 17.7 Å². The first-order valence-corrected chi connectivity index (χ1v) is 9.87. The van der Waals surface area contributed by atoms with E-state index in [1.54, 1.807) is 48.6 Å². The largest absolute Gasteiger partial charge is 0.373 e. The van der Waals surface area contributed by atoms with E-state index in [1.807, 2.05) is 18.2 Å². The lowest BCUT2D eigenvalue weighted by Gasteiger charge is -2.32. The number of hydrogen-bond acceptors (Lipinski definition) is 5. The van der Waals surface area contributed by atoms with E-state index in [4.69, 9.17) is 4.74 Å². The predicted molar refractivity (Wildman–Crippen MR) is 112 cm³/mol. The average Bonchev–Trinajstić information content (AvgIpc) is 2.81. The molecule has 0 aliphatic carbocycles. The van der Waals surface area contributed by atoms with E-state index in [0.29, 0.717) is 43.1 Å². The molecular formula is C23H23FN4O2. The van der Waals surface area contributed by atoms with Crippen molar-refractivity contribution >= 4 is 11.7 Å². The molecule has 1 aromatic carbocycles. The Kier molecular flexibility index (Phi) is 5.99. The van der Waals surface area contributed by atoms with Crippen LogP contribution in [0.15, 0.2) is 60.9 Å². The number of amides is 1. The molecule has 0 unspecified atom stereocenters. The zero-order valence-corrected chi connectivity index (χ0v) is 16.7. The van der Waals surface area contributed by atoms with Gasteiger partial charge in [0.05, 0.1) is 18.8 Å². The summed E-state index contributed by atoms with van der Waals surface area (Å²) < 4.78 is 19.7. The molecule has 154 valence electrons. The minimum absolute atomic E-state index is 0.0571. The van der Waals surface area contributed by atoms with Crippen LogP contribution in [0.25, 0.3) is 0 Å². The highest BCUT2D eigenvalue weighted by Gasteiger charge is 2.27. The highest BCUT2D eigenvalue weighted by atomic mass is 19.1. The molecule has 0 radical (unpaired) electrons. The van der Waals surface area contributed by atoms with Crippen LogP contribution >= 0.6 is 0 Å². The molecule has 6 nitrogen and oxygen atoms in total. The molecule has 1 amide bonds. The molecule has 1 aliphatic heterocycles. The Balaban J connectivity index is 1.44. The second kappa shape index (κ2) is 9.00. The van der Waals surface area contributed by atoms with E-state index < -0.39 is 0 Å². The van der Waals surface area contributed by atoms with Crippen LogP contribution in [0.4, 0.5) is 10.2 Å². The van der Waals surface area contributed by atoms with Gasteiger partial charge >= 0.3 is 0 Å². The van der Waals surface area contributed by atoms with Gasteiger partial charge in [-0.3, -0.25) is 9.78 Å². The molecule has 3 heterocycles. The smallest absolute Gasteiger partial charge is 0.254 e. The second-order valence-electron chi connectivity index (χ2n) is 7.15. The molecule has 1 aliphatic rings. The third-order valence-electron chi connectivity index (χ3n) is 5.15. The fourth-order valence-electron chi connectivity index (χ4n) is 3.49.